The van der Waals surface area contributed by atoms with Crippen LogP contribution in [0.25, 0.3) is 0 Å². The molecule has 61 heavy (non-hydrogen) atoms. The van der Waals surface area contributed by atoms with Crippen molar-refractivity contribution in [3.63, 3.8) is 0 Å². The summed E-state index contributed by atoms with van der Waals surface area (Å²) in [7, 11) is -6.70. The van der Waals surface area contributed by atoms with E-state index >= 15 is 0 Å². The van der Waals surface area contributed by atoms with Crippen LogP contribution in [0.4, 0.5) is 132 Å². The monoisotopic (exact) mass is 1010 g/mol. The largest absolute Gasteiger partial charge is 1.00 e. The minimum atomic E-state index is -8.92. The molecule has 39 heteroatoms. The molecule has 0 rings (SSSR count). The first-order valence-corrected chi connectivity index (χ1v) is 15.0. The molecule has 0 aromatic rings. The van der Waals surface area contributed by atoms with E-state index in [4.69, 9.17) is 0 Å². The standard InChI is InChI=1S/C22H12F30O7S.Na/c23-9(24,13(29,30)17(37,38)15(33,34)11(27,19(41,42)43)20(44,45)46)1-3-58-7(53)5-6(60(55,56)57)8(54)59-4-2-10(25,26)14(31,32)18(39,40)16(35,36)12(28,21(47,48)49)22(50,51)52;/h6H,1-5H2,(H,55,56,57);/q;+1/p-1. The second-order valence-electron chi connectivity index (χ2n) is 11.2. The van der Waals surface area contributed by atoms with Crippen molar-refractivity contribution in [3.05, 3.63) is 0 Å². The van der Waals surface area contributed by atoms with Crippen molar-refractivity contribution in [1.82, 2.24) is 0 Å². The number of carbonyl (C=O) groups excluding carboxylic acids is 2. The molecule has 1 atom stereocenters. The summed E-state index contributed by atoms with van der Waals surface area (Å²) in [4.78, 5) is 23.4. The normalized spacial score (nSPS) is 16.2. The van der Waals surface area contributed by atoms with Crippen LogP contribution in [-0.2, 0) is 29.2 Å². The Balaban J connectivity index is 0. The Hall–Kier alpha value is -2.25. The third-order valence-electron chi connectivity index (χ3n) is 7.23. The maximum absolute atomic E-state index is 13.9. The van der Waals surface area contributed by atoms with Crippen molar-refractivity contribution >= 4 is 22.1 Å². The van der Waals surface area contributed by atoms with Gasteiger partial charge >= 0.3 is 125 Å². The van der Waals surface area contributed by atoms with E-state index in [-0.39, 0.29) is 29.6 Å². The van der Waals surface area contributed by atoms with Gasteiger partial charge in [0.2, 0.25) is 0 Å². The number of hydrogen-bond donors (Lipinski definition) is 0. The average molecular weight is 1010 g/mol. The minimum absolute atomic E-state index is 0. The van der Waals surface area contributed by atoms with Gasteiger partial charge in [-0.3, -0.25) is 9.59 Å². The summed E-state index contributed by atoms with van der Waals surface area (Å²) in [6.07, 6.45) is -43.1. The van der Waals surface area contributed by atoms with Crippen molar-refractivity contribution in [2.24, 2.45) is 0 Å². The molecule has 0 N–H and O–H groups in total. The fourth-order valence-corrected chi connectivity index (χ4v) is 4.46. The predicted molar refractivity (Wildman–Crippen MR) is 121 cm³/mol. The molecule has 0 amide bonds. The van der Waals surface area contributed by atoms with Crippen molar-refractivity contribution in [2.45, 2.75) is 108 Å². The van der Waals surface area contributed by atoms with Crippen LogP contribution in [0, 0.1) is 0 Å². The molecule has 0 fully saturated rings. The van der Waals surface area contributed by atoms with Crippen LogP contribution in [0.2, 0.25) is 0 Å². The molecule has 0 aliphatic carbocycles. The molecule has 0 saturated heterocycles. The molecule has 7 nitrogen and oxygen atoms in total. The van der Waals surface area contributed by atoms with Gasteiger partial charge in [-0.1, -0.05) is 0 Å². The molecule has 0 saturated carbocycles. The molecular formula is C22H11F30NaO7S. The van der Waals surface area contributed by atoms with E-state index in [1.807, 2.05) is 0 Å². The van der Waals surface area contributed by atoms with E-state index in [1.54, 1.807) is 0 Å². The van der Waals surface area contributed by atoms with Crippen molar-refractivity contribution in [3.8, 4) is 0 Å². The zero-order valence-corrected chi connectivity index (χ0v) is 30.5. The van der Waals surface area contributed by atoms with Crippen molar-refractivity contribution in [2.75, 3.05) is 13.2 Å². The summed E-state index contributed by atoms with van der Waals surface area (Å²) >= 11 is 0. The van der Waals surface area contributed by atoms with Gasteiger partial charge < -0.3 is 14.0 Å². The van der Waals surface area contributed by atoms with Gasteiger partial charge in [0.15, 0.2) is 5.25 Å². The van der Waals surface area contributed by atoms with Gasteiger partial charge in [0.05, 0.1) is 32.5 Å². The molecular weight excluding hydrogens is 1000 g/mol. The molecule has 0 aromatic heterocycles. The summed E-state index contributed by atoms with van der Waals surface area (Å²) in [6, 6.07) is 0. The Morgan fingerprint density at radius 1 is 0.426 bits per heavy atom. The van der Waals surface area contributed by atoms with Gasteiger partial charge in [-0.15, -0.1) is 0 Å². The number of carbonyl (C=O) groups is 2. The van der Waals surface area contributed by atoms with Crippen LogP contribution in [0.1, 0.15) is 19.3 Å². The summed E-state index contributed by atoms with van der Waals surface area (Å²) in [5.74, 6) is -72.3. The Morgan fingerprint density at radius 2 is 0.672 bits per heavy atom. The molecule has 0 heterocycles. The number of halogens is 30. The van der Waals surface area contributed by atoms with Gasteiger partial charge in [-0.25, -0.2) is 17.2 Å². The fourth-order valence-electron chi connectivity index (χ4n) is 3.81. The van der Waals surface area contributed by atoms with Gasteiger partial charge in [0.1, 0.15) is 10.1 Å². The Morgan fingerprint density at radius 3 is 0.902 bits per heavy atom. The van der Waals surface area contributed by atoms with E-state index in [1.165, 1.54) is 0 Å². The van der Waals surface area contributed by atoms with Crippen molar-refractivity contribution in [1.29, 1.82) is 0 Å². The van der Waals surface area contributed by atoms with Gasteiger partial charge in [0.25, 0.3) is 0 Å². The number of hydrogen-bond acceptors (Lipinski definition) is 7. The van der Waals surface area contributed by atoms with E-state index in [0.717, 1.165) is 0 Å². The van der Waals surface area contributed by atoms with Gasteiger partial charge in [0, 0.05) is 0 Å². The average Bonchev–Trinajstić information content (AvgIpc) is 2.98. The summed E-state index contributed by atoms with van der Waals surface area (Å²) in [5.41, 5.74) is -17.5. The first-order chi connectivity index (χ1) is 25.6. The number of ether oxygens (including phenoxy) is 2. The molecule has 0 radical (unpaired) electrons. The van der Waals surface area contributed by atoms with Crippen LogP contribution >= 0.6 is 0 Å². The minimum Gasteiger partial charge on any atom is -0.747 e. The van der Waals surface area contributed by atoms with Crippen LogP contribution in [0.5, 0.6) is 0 Å². The number of esters is 2. The molecule has 358 valence electrons. The first kappa shape index (κ1) is 60.8. The Kier molecular flexibility index (Phi) is 17.2. The maximum atomic E-state index is 13.9. The van der Waals surface area contributed by atoms with E-state index in [0.29, 0.717) is 0 Å². The van der Waals surface area contributed by atoms with Crippen LogP contribution in [0.3, 0.4) is 0 Å². The van der Waals surface area contributed by atoms with Crippen molar-refractivity contribution < 1.29 is 193 Å². The Bertz CT molecular complexity index is 1640. The topological polar surface area (TPSA) is 110 Å². The van der Waals surface area contributed by atoms with E-state index in [9.17, 15) is 154 Å². The quantitative estimate of drug-likeness (QED) is 0.0728. The third kappa shape index (κ3) is 10.0. The molecule has 0 aliphatic rings. The molecule has 1 unspecified atom stereocenters. The predicted octanol–water partition coefficient (Wildman–Crippen LogP) is 5.91. The number of rotatable bonds is 18. The smallest absolute Gasteiger partial charge is 0.747 e. The van der Waals surface area contributed by atoms with Gasteiger partial charge in [-0.05, 0) is 0 Å². The third-order valence-corrected chi connectivity index (χ3v) is 8.28. The van der Waals surface area contributed by atoms with Crippen LogP contribution < -0.4 is 29.6 Å². The summed E-state index contributed by atoms with van der Waals surface area (Å²) < 4.78 is 438. The van der Waals surface area contributed by atoms with Crippen LogP contribution in [0.15, 0.2) is 0 Å². The van der Waals surface area contributed by atoms with Gasteiger partial charge in [-0.2, -0.15) is 123 Å². The zero-order valence-electron chi connectivity index (χ0n) is 27.7. The first-order valence-electron chi connectivity index (χ1n) is 13.6. The maximum Gasteiger partial charge on any atom is 1.00 e. The molecule has 0 aromatic carbocycles. The van der Waals surface area contributed by atoms with E-state index in [2.05, 4.69) is 9.47 Å². The number of alkyl halides is 30. The fraction of sp³-hybridized carbons (Fsp3) is 0.909. The summed E-state index contributed by atoms with van der Waals surface area (Å²) in [6.45, 7) is -5.74. The summed E-state index contributed by atoms with van der Waals surface area (Å²) in [5, 5.41) is -4.00. The zero-order chi connectivity index (χ0) is 49.2. The SMILES string of the molecule is O=C(CC(C(=O)OCCC(F)(F)C(F)(F)C(F)(F)C(F)(F)C(F)(C(F)(F)F)C(F)(F)F)S(=O)(=O)[O-])OCCC(F)(F)C(F)(F)C(F)(F)C(F)(F)C(F)(C(F)(F)F)C(F)(F)F.[Na+]. The molecule has 0 aliphatic heterocycles. The molecule has 0 bridgehead atoms. The Labute approximate surface area is 336 Å². The van der Waals surface area contributed by atoms with E-state index < -0.39 is 143 Å². The second kappa shape index (κ2) is 17.3. The molecule has 0 spiro atoms. The second-order valence-corrected chi connectivity index (χ2v) is 12.8. The van der Waals surface area contributed by atoms with Crippen LogP contribution in [-0.4, -0.2) is 127 Å².